The number of hydrogen-bond acceptors (Lipinski definition) is 4. The summed E-state index contributed by atoms with van der Waals surface area (Å²) in [7, 11) is -0.903. The van der Waals surface area contributed by atoms with E-state index in [-0.39, 0.29) is 0 Å². The van der Waals surface area contributed by atoms with Crippen LogP contribution in [-0.2, 0) is 13.3 Å². The van der Waals surface area contributed by atoms with Crippen LogP contribution < -0.4 is 0 Å². The molecule has 1 amide bonds. The molecule has 0 aromatic rings. The number of amides is 1. The Bertz CT molecular complexity index is 261. The quantitative estimate of drug-likeness (QED) is 0.417. The lowest BCUT2D eigenvalue weighted by molar-refractivity contribution is 0.0706. The average molecular weight is 321 g/mol. The zero-order chi connectivity index (χ0) is 16.1. The molecule has 1 N–H and O–H groups in total. The summed E-state index contributed by atoms with van der Waals surface area (Å²) in [6.45, 7) is 8.28. The SMILES string of the molecule is CCO[Si](CCCCCCN(C)C(=O)O)(OCC)OCC. The first-order valence-electron chi connectivity index (χ1n) is 7.87. The van der Waals surface area contributed by atoms with Crippen molar-refractivity contribution in [3.8, 4) is 0 Å². The maximum atomic E-state index is 10.6. The molecular formula is C14H31NO5Si. The normalized spacial score (nSPS) is 11.6. The number of unbranched alkanes of at least 4 members (excludes halogenated alkanes) is 3. The van der Waals surface area contributed by atoms with E-state index in [0.29, 0.717) is 26.4 Å². The van der Waals surface area contributed by atoms with Gasteiger partial charge in [-0.3, -0.25) is 0 Å². The van der Waals surface area contributed by atoms with Crippen LogP contribution in [0.15, 0.2) is 0 Å². The third-order valence-corrected chi connectivity index (χ3v) is 6.30. The molecule has 21 heavy (non-hydrogen) atoms. The molecule has 0 radical (unpaired) electrons. The first kappa shape index (κ1) is 20.4. The Hall–Kier alpha value is -0.633. The monoisotopic (exact) mass is 321 g/mol. The molecule has 0 saturated carbocycles. The summed E-state index contributed by atoms with van der Waals surface area (Å²) in [5.41, 5.74) is 0. The summed E-state index contributed by atoms with van der Waals surface area (Å²) in [6, 6.07) is 0.831. The zero-order valence-electron chi connectivity index (χ0n) is 13.9. The van der Waals surface area contributed by atoms with Crippen molar-refractivity contribution >= 4 is 14.9 Å². The first-order valence-corrected chi connectivity index (χ1v) is 9.80. The highest BCUT2D eigenvalue weighted by molar-refractivity contribution is 6.60. The molecule has 6 nitrogen and oxygen atoms in total. The Morgan fingerprint density at radius 3 is 1.86 bits per heavy atom. The van der Waals surface area contributed by atoms with Gasteiger partial charge in [0.25, 0.3) is 0 Å². The molecule has 0 unspecified atom stereocenters. The fourth-order valence-electron chi connectivity index (χ4n) is 2.14. The molecule has 0 aliphatic heterocycles. The number of carboxylic acid groups (broad SMARTS) is 1. The molecule has 0 aliphatic rings. The molecule has 0 spiro atoms. The number of hydrogen-bond donors (Lipinski definition) is 1. The van der Waals surface area contributed by atoms with Gasteiger partial charge in [0.1, 0.15) is 0 Å². The average Bonchev–Trinajstić information content (AvgIpc) is 2.43. The van der Waals surface area contributed by atoms with Gasteiger partial charge in [-0.2, -0.15) is 0 Å². The second-order valence-corrected chi connectivity index (χ2v) is 7.58. The molecule has 126 valence electrons. The van der Waals surface area contributed by atoms with Gasteiger partial charge in [0.15, 0.2) is 0 Å². The van der Waals surface area contributed by atoms with Gasteiger partial charge >= 0.3 is 14.9 Å². The van der Waals surface area contributed by atoms with Gasteiger partial charge < -0.3 is 23.3 Å². The van der Waals surface area contributed by atoms with Gasteiger partial charge in [-0.15, -0.1) is 0 Å². The van der Waals surface area contributed by atoms with E-state index in [1.165, 1.54) is 4.90 Å². The Morgan fingerprint density at radius 1 is 0.952 bits per heavy atom. The molecule has 0 rings (SSSR count). The fourth-order valence-corrected chi connectivity index (χ4v) is 4.83. The van der Waals surface area contributed by atoms with Crippen LogP contribution in [0.3, 0.4) is 0 Å². The van der Waals surface area contributed by atoms with Crippen LogP contribution in [0.4, 0.5) is 4.79 Å². The van der Waals surface area contributed by atoms with Gasteiger partial charge in [-0.25, -0.2) is 4.79 Å². The van der Waals surface area contributed by atoms with Gasteiger partial charge in [0.2, 0.25) is 0 Å². The summed E-state index contributed by atoms with van der Waals surface area (Å²) in [5.74, 6) is 0. The first-order chi connectivity index (χ1) is 10.0. The lowest BCUT2D eigenvalue weighted by Crippen LogP contribution is -2.45. The summed E-state index contributed by atoms with van der Waals surface area (Å²) in [6.07, 6.45) is 3.05. The molecule has 0 fully saturated rings. The van der Waals surface area contributed by atoms with E-state index >= 15 is 0 Å². The van der Waals surface area contributed by atoms with Crippen LogP contribution in [0.1, 0.15) is 46.5 Å². The van der Waals surface area contributed by atoms with E-state index in [4.69, 9.17) is 18.4 Å². The number of rotatable bonds is 13. The molecule has 7 heteroatoms. The summed E-state index contributed by atoms with van der Waals surface area (Å²) in [5, 5.41) is 8.75. The summed E-state index contributed by atoms with van der Waals surface area (Å²) < 4.78 is 17.4. The highest BCUT2D eigenvalue weighted by atomic mass is 28.4. The van der Waals surface area contributed by atoms with Crippen molar-refractivity contribution in [2.45, 2.75) is 52.5 Å². The molecule has 0 saturated heterocycles. The third kappa shape index (κ3) is 9.08. The van der Waals surface area contributed by atoms with Crippen LogP contribution >= 0.6 is 0 Å². The Balaban J connectivity index is 3.99. The van der Waals surface area contributed by atoms with Crippen LogP contribution in [-0.4, -0.2) is 58.3 Å². The fraction of sp³-hybridized carbons (Fsp3) is 0.929. The van der Waals surface area contributed by atoms with Crippen molar-refractivity contribution in [1.82, 2.24) is 4.90 Å². The van der Waals surface area contributed by atoms with Crippen molar-refractivity contribution in [2.75, 3.05) is 33.4 Å². The van der Waals surface area contributed by atoms with Crippen molar-refractivity contribution < 1.29 is 23.2 Å². The van der Waals surface area contributed by atoms with E-state index < -0.39 is 14.9 Å². The van der Waals surface area contributed by atoms with Gasteiger partial charge in [0.05, 0.1) is 0 Å². The molecule has 0 atom stereocenters. The number of carbonyl (C=O) groups is 1. The van der Waals surface area contributed by atoms with Crippen molar-refractivity contribution in [1.29, 1.82) is 0 Å². The van der Waals surface area contributed by atoms with E-state index in [2.05, 4.69) is 0 Å². The van der Waals surface area contributed by atoms with Crippen LogP contribution in [0.5, 0.6) is 0 Å². The predicted octanol–water partition coefficient (Wildman–Crippen LogP) is 3.21. The second kappa shape index (κ2) is 12.0. The molecule has 0 heterocycles. The van der Waals surface area contributed by atoms with E-state index in [1.54, 1.807) is 7.05 Å². The van der Waals surface area contributed by atoms with E-state index in [1.807, 2.05) is 20.8 Å². The van der Waals surface area contributed by atoms with Crippen LogP contribution in [0.2, 0.25) is 6.04 Å². The van der Waals surface area contributed by atoms with Crippen molar-refractivity contribution in [3.63, 3.8) is 0 Å². The van der Waals surface area contributed by atoms with Crippen molar-refractivity contribution in [3.05, 3.63) is 0 Å². The van der Waals surface area contributed by atoms with Crippen molar-refractivity contribution in [2.24, 2.45) is 0 Å². The minimum atomic E-state index is -2.50. The minimum Gasteiger partial charge on any atom is -0.465 e. The molecule has 0 aromatic carbocycles. The number of nitrogens with zero attached hydrogens (tertiary/aromatic N) is 1. The predicted molar refractivity (Wildman–Crippen MR) is 84.6 cm³/mol. The lowest BCUT2D eigenvalue weighted by atomic mass is 10.2. The largest absolute Gasteiger partial charge is 0.500 e. The zero-order valence-corrected chi connectivity index (χ0v) is 14.9. The Labute approximate surface area is 129 Å². The summed E-state index contributed by atoms with van der Waals surface area (Å²) in [4.78, 5) is 12.0. The lowest BCUT2D eigenvalue weighted by Gasteiger charge is -2.28. The van der Waals surface area contributed by atoms with Gasteiger partial charge in [0, 0.05) is 39.5 Å². The van der Waals surface area contributed by atoms with Crippen LogP contribution in [0, 0.1) is 0 Å². The Kier molecular flexibility index (Phi) is 11.6. The third-order valence-electron chi connectivity index (χ3n) is 3.15. The minimum absolute atomic E-state index is 0.584. The molecule has 0 aromatic heterocycles. The maximum Gasteiger partial charge on any atom is 0.500 e. The van der Waals surface area contributed by atoms with E-state index in [9.17, 15) is 4.79 Å². The summed E-state index contributed by atoms with van der Waals surface area (Å²) >= 11 is 0. The smallest absolute Gasteiger partial charge is 0.465 e. The highest BCUT2D eigenvalue weighted by Crippen LogP contribution is 2.20. The van der Waals surface area contributed by atoms with Gasteiger partial charge in [-0.05, 0) is 33.6 Å². The van der Waals surface area contributed by atoms with Crippen LogP contribution in [0.25, 0.3) is 0 Å². The topological polar surface area (TPSA) is 68.2 Å². The maximum absolute atomic E-state index is 10.6. The standard InChI is InChI=1S/C14H31NO5Si/c1-5-18-21(19-6-2,20-7-3)13-11-9-8-10-12-15(4)14(16)17/h5-13H2,1-4H3,(H,16,17). The highest BCUT2D eigenvalue weighted by Gasteiger charge is 2.39. The van der Waals surface area contributed by atoms with Gasteiger partial charge in [-0.1, -0.05) is 12.8 Å². The second-order valence-electron chi connectivity index (χ2n) is 4.85. The molecular weight excluding hydrogens is 290 g/mol. The van der Waals surface area contributed by atoms with E-state index in [0.717, 1.165) is 31.7 Å². The Morgan fingerprint density at radius 2 is 1.43 bits per heavy atom. The molecule has 0 aliphatic carbocycles. The molecule has 0 bridgehead atoms.